The molecule has 0 saturated heterocycles. The lowest BCUT2D eigenvalue weighted by molar-refractivity contribution is -0.131. The first-order valence-corrected chi connectivity index (χ1v) is 10.3. The van der Waals surface area contributed by atoms with Gasteiger partial charge < -0.3 is 4.90 Å². The highest BCUT2D eigenvalue weighted by atomic mass is 32.2. The standard InChI is InChI=1S/C22H24FN3OS/c1-14(2)26(15(3)4)20(27)13-28-22-19-8-6-5-7-18(19)21(24-25-22)16-9-11-17(23)12-10-16/h5-12,14-15H,13H2,1-4H3. The van der Waals surface area contributed by atoms with Gasteiger partial charge in [0.1, 0.15) is 16.5 Å². The molecule has 0 aliphatic rings. The molecule has 28 heavy (non-hydrogen) atoms. The molecule has 3 aromatic rings. The van der Waals surface area contributed by atoms with E-state index in [0.717, 1.165) is 21.4 Å². The van der Waals surface area contributed by atoms with Crippen LogP contribution in [0.15, 0.2) is 53.6 Å². The summed E-state index contributed by atoms with van der Waals surface area (Å²) in [6, 6.07) is 14.4. The van der Waals surface area contributed by atoms with Crippen LogP contribution in [0, 0.1) is 5.82 Å². The average Bonchev–Trinajstić information content (AvgIpc) is 2.66. The molecule has 1 amide bonds. The summed E-state index contributed by atoms with van der Waals surface area (Å²) in [4.78, 5) is 14.6. The molecule has 3 rings (SSSR count). The molecule has 0 N–H and O–H groups in total. The molecule has 0 radical (unpaired) electrons. The Labute approximate surface area is 169 Å². The summed E-state index contributed by atoms with van der Waals surface area (Å²) in [7, 11) is 0. The third-order valence-electron chi connectivity index (χ3n) is 4.50. The minimum Gasteiger partial charge on any atom is -0.337 e. The second-order valence-electron chi connectivity index (χ2n) is 7.18. The van der Waals surface area contributed by atoms with Gasteiger partial charge in [0.25, 0.3) is 0 Å². The maximum atomic E-state index is 13.3. The van der Waals surface area contributed by atoms with Crippen LogP contribution in [-0.2, 0) is 4.79 Å². The van der Waals surface area contributed by atoms with Crippen molar-refractivity contribution >= 4 is 28.4 Å². The molecule has 0 saturated carbocycles. The first-order chi connectivity index (χ1) is 13.4. The third kappa shape index (κ3) is 4.33. The van der Waals surface area contributed by atoms with Gasteiger partial charge in [0, 0.05) is 28.4 Å². The fraction of sp³-hybridized carbons (Fsp3) is 0.318. The van der Waals surface area contributed by atoms with Crippen molar-refractivity contribution in [3.63, 3.8) is 0 Å². The van der Waals surface area contributed by atoms with E-state index in [0.29, 0.717) is 11.4 Å². The number of benzene rings is 2. The Morgan fingerprint density at radius 3 is 2.18 bits per heavy atom. The second-order valence-corrected chi connectivity index (χ2v) is 8.15. The highest BCUT2D eigenvalue weighted by molar-refractivity contribution is 8.00. The van der Waals surface area contributed by atoms with Crippen molar-refractivity contribution in [2.45, 2.75) is 44.8 Å². The first kappa shape index (κ1) is 20.3. The maximum Gasteiger partial charge on any atom is 0.233 e. The Balaban J connectivity index is 1.90. The van der Waals surface area contributed by atoms with E-state index in [-0.39, 0.29) is 23.8 Å². The predicted octanol–water partition coefficient (Wildman–Crippen LogP) is 5.17. The smallest absolute Gasteiger partial charge is 0.233 e. The number of halogens is 1. The van der Waals surface area contributed by atoms with Crippen LogP contribution in [0.25, 0.3) is 22.0 Å². The third-order valence-corrected chi connectivity index (χ3v) is 5.47. The van der Waals surface area contributed by atoms with Gasteiger partial charge in [0.05, 0.1) is 5.75 Å². The Kier molecular flexibility index (Phi) is 6.29. The van der Waals surface area contributed by atoms with Crippen molar-refractivity contribution in [2.24, 2.45) is 0 Å². The molecule has 6 heteroatoms. The minimum absolute atomic E-state index is 0.0866. The van der Waals surface area contributed by atoms with E-state index >= 15 is 0 Å². The van der Waals surface area contributed by atoms with Crippen LogP contribution in [0.4, 0.5) is 4.39 Å². The largest absolute Gasteiger partial charge is 0.337 e. The van der Waals surface area contributed by atoms with Gasteiger partial charge in [0.2, 0.25) is 5.91 Å². The molecule has 0 unspecified atom stereocenters. The molecular formula is C22H24FN3OS. The van der Waals surface area contributed by atoms with Gasteiger partial charge in [-0.1, -0.05) is 36.0 Å². The van der Waals surface area contributed by atoms with Crippen LogP contribution >= 0.6 is 11.8 Å². The zero-order valence-electron chi connectivity index (χ0n) is 16.5. The van der Waals surface area contributed by atoms with Gasteiger partial charge in [-0.3, -0.25) is 4.79 Å². The second kappa shape index (κ2) is 8.69. The van der Waals surface area contributed by atoms with Crippen molar-refractivity contribution in [1.29, 1.82) is 0 Å². The van der Waals surface area contributed by atoms with E-state index in [2.05, 4.69) is 10.2 Å². The van der Waals surface area contributed by atoms with Crippen LogP contribution in [0.3, 0.4) is 0 Å². The van der Waals surface area contributed by atoms with Gasteiger partial charge in [-0.2, -0.15) is 0 Å². The summed E-state index contributed by atoms with van der Waals surface area (Å²) >= 11 is 1.40. The summed E-state index contributed by atoms with van der Waals surface area (Å²) in [5.41, 5.74) is 1.51. The van der Waals surface area contributed by atoms with Gasteiger partial charge in [-0.15, -0.1) is 10.2 Å². The minimum atomic E-state index is -0.286. The molecular weight excluding hydrogens is 373 g/mol. The lowest BCUT2D eigenvalue weighted by Crippen LogP contribution is -2.43. The maximum absolute atomic E-state index is 13.3. The average molecular weight is 398 g/mol. The van der Waals surface area contributed by atoms with Crippen LogP contribution < -0.4 is 0 Å². The molecule has 1 heterocycles. The fourth-order valence-corrected chi connectivity index (χ4v) is 4.23. The molecule has 146 valence electrons. The zero-order chi connectivity index (χ0) is 20.3. The van der Waals surface area contributed by atoms with E-state index in [1.165, 1.54) is 23.9 Å². The quantitative estimate of drug-likeness (QED) is 0.538. The van der Waals surface area contributed by atoms with Crippen molar-refractivity contribution in [1.82, 2.24) is 15.1 Å². The Morgan fingerprint density at radius 1 is 0.964 bits per heavy atom. The number of thioether (sulfide) groups is 1. The molecule has 0 fully saturated rings. The fourth-order valence-electron chi connectivity index (χ4n) is 3.38. The summed E-state index contributed by atoms with van der Waals surface area (Å²) < 4.78 is 13.3. The predicted molar refractivity (Wildman–Crippen MR) is 113 cm³/mol. The number of nitrogens with zero attached hydrogens (tertiary/aromatic N) is 3. The van der Waals surface area contributed by atoms with E-state index < -0.39 is 0 Å². The summed E-state index contributed by atoms with van der Waals surface area (Å²) in [5, 5.41) is 11.4. The van der Waals surface area contributed by atoms with Crippen LogP contribution in [0.2, 0.25) is 0 Å². The van der Waals surface area contributed by atoms with E-state index in [4.69, 9.17) is 0 Å². The molecule has 2 aromatic carbocycles. The van der Waals surface area contributed by atoms with Crippen molar-refractivity contribution in [3.8, 4) is 11.3 Å². The molecule has 0 bridgehead atoms. The zero-order valence-corrected chi connectivity index (χ0v) is 17.3. The molecule has 0 spiro atoms. The summed E-state index contributed by atoms with van der Waals surface area (Å²) in [6.45, 7) is 8.09. The number of aromatic nitrogens is 2. The molecule has 1 aromatic heterocycles. The lowest BCUT2D eigenvalue weighted by atomic mass is 10.1. The number of rotatable bonds is 6. The number of amides is 1. The van der Waals surface area contributed by atoms with Gasteiger partial charge >= 0.3 is 0 Å². The lowest BCUT2D eigenvalue weighted by Gasteiger charge is -2.30. The van der Waals surface area contributed by atoms with Gasteiger partial charge in [-0.25, -0.2) is 4.39 Å². The SMILES string of the molecule is CC(C)N(C(=O)CSc1nnc(-c2ccc(F)cc2)c2ccccc12)C(C)C. The number of hydrogen-bond acceptors (Lipinski definition) is 4. The van der Waals surface area contributed by atoms with Crippen molar-refractivity contribution in [3.05, 3.63) is 54.3 Å². The number of hydrogen-bond donors (Lipinski definition) is 0. The molecule has 4 nitrogen and oxygen atoms in total. The first-order valence-electron chi connectivity index (χ1n) is 9.33. The highest BCUT2D eigenvalue weighted by Gasteiger charge is 2.21. The topological polar surface area (TPSA) is 46.1 Å². The highest BCUT2D eigenvalue weighted by Crippen LogP contribution is 2.32. The number of carbonyl (C=O) groups is 1. The van der Waals surface area contributed by atoms with Gasteiger partial charge in [0.15, 0.2) is 0 Å². The molecule has 0 aliphatic carbocycles. The summed E-state index contributed by atoms with van der Waals surface area (Å²) in [6.07, 6.45) is 0. The Bertz CT molecular complexity index is 965. The van der Waals surface area contributed by atoms with E-state index in [1.807, 2.05) is 56.9 Å². The van der Waals surface area contributed by atoms with E-state index in [9.17, 15) is 9.18 Å². The van der Waals surface area contributed by atoms with Crippen LogP contribution in [0.5, 0.6) is 0 Å². The van der Waals surface area contributed by atoms with Crippen LogP contribution in [-0.4, -0.2) is 38.8 Å². The number of carbonyl (C=O) groups excluding carboxylic acids is 1. The van der Waals surface area contributed by atoms with E-state index in [1.54, 1.807) is 12.1 Å². The van der Waals surface area contributed by atoms with Gasteiger partial charge in [-0.05, 0) is 52.0 Å². The molecule has 0 atom stereocenters. The van der Waals surface area contributed by atoms with Crippen LogP contribution in [0.1, 0.15) is 27.7 Å². The van der Waals surface area contributed by atoms with Crippen molar-refractivity contribution in [2.75, 3.05) is 5.75 Å². The molecule has 0 aliphatic heterocycles. The number of fused-ring (bicyclic) bond motifs is 1. The Morgan fingerprint density at radius 2 is 1.57 bits per heavy atom. The summed E-state index contributed by atoms with van der Waals surface area (Å²) in [5.74, 6) is 0.111. The Hall–Kier alpha value is -2.47. The normalized spacial score (nSPS) is 11.4. The van der Waals surface area contributed by atoms with Crippen molar-refractivity contribution < 1.29 is 9.18 Å². The monoisotopic (exact) mass is 397 g/mol.